The number of halogens is 2. The van der Waals surface area contributed by atoms with E-state index in [4.69, 9.17) is 21.1 Å². The third-order valence-corrected chi connectivity index (χ3v) is 4.06. The molecule has 0 bridgehead atoms. The van der Waals surface area contributed by atoms with Crippen molar-refractivity contribution in [1.82, 2.24) is 0 Å². The molecule has 0 radical (unpaired) electrons. The molecule has 21 heavy (non-hydrogen) atoms. The highest BCUT2D eigenvalue weighted by atomic mass is 79.9. The van der Waals surface area contributed by atoms with Crippen LogP contribution in [0.2, 0.25) is 5.02 Å². The quantitative estimate of drug-likeness (QED) is 0.733. The summed E-state index contributed by atoms with van der Waals surface area (Å²) in [5.41, 5.74) is 2.01. The molecule has 0 aliphatic carbocycles. The molecule has 0 saturated heterocycles. The van der Waals surface area contributed by atoms with Crippen molar-refractivity contribution >= 4 is 33.2 Å². The molecular formula is C16H17BrClNO2. The summed E-state index contributed by atoms with van der Waals surface area (Å²) >= 11 is 9.64. The average Bonchev–Trinajstić information content (AvgIpc) is 2.49. The van der Waals surface area contributed by atoms with Gasteiger partial charge in [0, 0.05) is 16.0 Å². The summed E-state index contributed by atoms with van der Waals surface area (Å²) in [6, 6.07) is 11.4. The first kappa shape index (κ1) is 16.0. The van der Waals surface area contributed by atoms with Crippen LogP contribution in [0.25, 0.3) is 0 Å². The molecular weight excluding hydrogens is 354 g/mol. The minimum atomic E-state index is 0.560. The van der Waals surface area contributed by atoms with Crippen LogP contribution in [0.1, 0.15) is 5.56 Å². The van der Waals surface area contributed by atoms with Crippen LogP contribution in [-0.4, -0.2) is 20.3 Å². The molecule has 5 heteroatoms. The van der Waals surface area contributed by atoms with Crippen LogP contribution in [0, 0.1) is 6.92 Å². The van der Waals surface area contributed by atoms with Crippen LogP contribution < -0.4 is 14.8 Å². The number of benzene rings is 2. The number of nitrogens with one attached hydrogen (secondary N) is 1. The van der Waals surface area contributed by atoms with E-state index in [-0.39, 0.29) is 0 Å². The summed E-state index contributed by atoms with van der Waals surface area (Å²) in [7, 11) is 1.64. The summed E-state index contributed by atoms with van der Waals surface area (Å²) in [4.78, 5) is 0. The first-order valence-corrected chi connectivity index (χ1v) is 7.73. The summed E-state index contributed by atoms with van der Waals surface area (Å²) < 4.78 is 11.8. The van der Waals surface area contributed by atoms with Gasteiger partial charge in [-0.25, -0.2) is 0 Å². The topological polar surface area (TPSA) is 30.5 Å². The van der Waals surface area contributed by atoms with Gasteiger partial charge in [-0.1, -0.05) is 11.6 Å². The van der Waals surface area contributed by atoms with E-state index in [0.29, 0.717) is 13.2 Å². The van der Waals surface area contributed by atoms with Crippen molar-refractivity contribution in [1.29, 1.82) is 0 Å². The lowest BCUT2D eigenvalue weighted by molar-refractivity contribution is 0.331. The van der Waals surface area contributed by atoms with Crippen molar-refractivity contribution in [2.24, 2.45) is 0 Å². The van der Waals surface area contributed by atoms with Crippen LogP contribution in [0.4, 0.5) is 5.69 Å². The Morgan fingerprint density at radius 2 is 1.81 bits per heavy atom. The number of ether oxygens (including phenoxy) is 2. The second kappa shape index (κ2) is 7.57. The highest BCUT2D eigenvalue weighted by Gasteiger charge is 2.04. The number of hydrogen-bond acceptors (Lipinski definition) is 3. The predicted octanol–water partition coefficient (Wildman–Crippen LogP) is 4.91. The van der Waals surface area contributed by atoms with E-state index in [1.165, 1.54) is 0 Å². The zero-order valence-electron chi connectivity index (χ0n) is 12.0. The smallest absolute Gasteiger partial charge is 0.119 e. The fraction of sp³-hybridized carbons (Fsp3) is 0.250. The number of aryl methyl sites for hydroxylation is 1. The lowest BCUT2D eigenvalue weighted by atomic mass is 10.2. The van der Waals surface area contributed by atoms with Gasteiger partial charge in [0.25, 0.3) is 0 Å². The highest BCUT2D eigenvalue weighted by Crippen LogP contribution is 2.29. The van der Waals surface area contributed by atoms with Crippen LogP contribution in [-0.2, 0) is 0 Å². The van der Waals surface area contributed by atoms with Gasteiger partial charge < -0.3 is 14.8 Å². The minimum Gasteiger partial charge on any atom is -0.497 e. The van der Waals surface area contributed by atoms with Crippen molar-refractivity contribution in [3.8, 4) is 11.5 Å². The molecule has 112 valence electrons. The van der Waals surface area contributed by atoms with Gasteiger partial charge in [0.15, 0.2) is 0 Å². The van der Waals surface area contributed by atoms with E-state index in [9.17, 15) is 0 Å². The van der Waals surface area contributed by atoms with E-state index >= 15 is 0 Å². The Hall–Kier alpha value is -1.39. The molecule has 1 N–H and O–H groups in total. The number of hydrogen-bond donors (Lipinski definition) is 1. The summed E-state index contributed by atoms with van der Waals surface area (Å²) in [5, 5.41) is 4.04. The normalized spacial score (nSPS) is 10.3. The Balaban J connectivity index is 1.83. The van der Waals surface area contributed by atoms with Crippen molar-refractivity contribution in [2.45, 2.75) is 6.92 Å². The van der Waals surface area contributed by atoms with E-state index in [2.05, 4.69) is 21.2 Å². The summed E-state index contributed by atoms with van der Waals surface area (Å²) in [6.45, 7) is 3.22. The van der Waals surface area contributed by atoms with Crippen LogP contribution in [0.5, 0.6) is 11.5 Å². The Bertz CT molecular complexity index is 602. The first-order chi connectivity index (χ1) is 10.1. The van der Waals surface area contributed by atoms with Gasteiger partial charge in [0.05, 0.1) is 12.8 Å². The molecule has 3 nitrogen and oxygen atoms in total. The largest absolute Gasteiger partial charge is 0.497 e. The molecule has 0 saturated carbocycles. The van der Waals surface area contributed by atoms with Gasteiger partial charge in [0.1, 0.15) is 18.1 Å². The fourth-order valence-electron chi connectivity index (χ4n) is 1.81. The van der Waals surface area contributed by atoms with Crippen LogP contribution in [0.3, 0.4) is 0 Å². The van der Waals surface area contributed by atoms with Gasteiger partial charge in [0.2, 0.25) is 0 Å². The van der Waals surface area contributed by atoms with Crippen LogP contribution >= 0.6 is 27.5 Å². The summed E-state index contributed by atoms with van der Waals surface area (Å²) in [6.07, 6.45) is 0. The summed E-state index contributed by atoms with van der Waals surface area (Å²) in [5.74, 6) is 1.64. The maximum atomic E-state index is 6.12. The standard InChI is InChI=1S/C16H17BrClNO2/c1-11-9-14(17)16(10-15(11)18)19-7-8-21-13-5-3-12(20-2)4-6-13/h3-6,9-10,19H,7-8H2,1-2H3. The molecule has 2 rings (SSSR count). The SMILES string of the molecule is COc1ccc(OCCNc2cc(Cl)c(C)cc2Br)cc1. The molecule has 2 aromatic rings. The van der Waals surface area contributed by atoms with Crippen LogP contribution in [0.15, 0.2) is 40.9 Å². The molecule has 0 fully saturated rings. The van der Waals surface area contributed by atoms with Crippen molar-refractivity contribution in [2.75, 3.05) is 25.6 Å². The predicted molar refractivity (Wildman–Crippen MR) is 90.9 cm³/mol. The third-order valence-electron chi connectivity index (χ3n) is 2.99. The van der Waals surface area contributed by atoms with E-state index < -0.39 is 0 Å². The number of anilines is 1. The average molecular weight is 371 g/mol. The van der Waals surface area contributed by atoms with Crippen molar-refractivity contribution < 1.29 is 9.47 Å². The van der Waals surface area contributed by atoms with E-state index in [1.807, 2.05) is 43.3 Å². The Morgan fingerprint density at radius 3 is 2.48 bits per heavy atom. The van der Waals surface area contributed by atoms with Gasteiger partial charge >= 0.3 is 0 Å². The van der Waals surface area contributed by atoms with Crippen molar-refractivity contribution in [3.63, 3.8) is 0 Å². The van der Waals surface area contributed by atoms with E-state index in [0.717, 1.165) is 32.2 Å². The van der Waals surface area contributed by atoms with Gasteiger partial charge in [-0.2, -0.15) is 0 Å². The minimum absolute atomic E-state index is 0.560. The monoisotopic (exact) mass is 369 g/mol. The molecule has 0 heterocycles. The van der Waals surface area contributed by atoms with Crippen molar-refractivity contribution in [3.05, 3.63) is 51.5 Å². The zero-order chi connectivity index (χ0) is 15.2. The Labute approximate surface area is 138 Å². The Kier molecular flexibility index (Phi) is 5.76. The lowest BCUT2D eigenvalue weighted by Gasteiger charge is -2.11. The van der Waals surface area contributed by atoms with E-state index in [1.54, 1.807) is 7.11 Å². The molecule has 0 atom stereocenters. The van der Waals surface area contributed by atoms with Gasteiger partial charge in [-0.15, -0.1) is 0 Å². The number of rotatable bonds is 6. The number of methoxy groups -OCH3 is 1. The Morgan fingerprint density at radius 1 is 1.14 bits per heavy atom. The molecule has 0 aliphatic heterocycles. The fourth-order valence-corrected chi connectivity index (χ4v) is 2.57. The zero-order valence-corrected chi connectivity index (χ0v) is 14.3. The highest BCUT2D eigenvalue weighted by molar-refractivity contribution is 9.10. The van der Waals surface area contributed by atoms with Gasteiger partial charge in [-0.3, -0.25) is 0 Å². The molecule has 0 amide bonds. The second-order valence-corrected chi connectivity index (χ2v) is 5.79. The molecule has 0 spiro atoms. The first-order valence-electron chi connectivity index (χ1n) is 6.56. The molecule has 0 unspecified atom stereocenters. The molecule has 0 aliphatic rings. The molecule has 0 aromatic heterocycles. The maximum absolute atomic E-state index is 6.12. The second-order valence-electron chi connectivity index (χ2n) is 4.53. The van der Waals surface area contributed by atoms with Gasteiger partial charge in [-0.05, 0) is 64.8 Å². The molecule has 2 aromatic carbocycles. The lowest BCUT2D eigenvalue weighted by Crippen LogP contribution is -2.11. The maximum Gasteiger partial charge on any atom is 0.119 e. The third kappa shape index (κ3) is 4.55.